The summed E-state index contributed by atoms with van der Waals surface area (Å²) in [4.78, 5) is 2.70. The zero-order valence-corrected chi connectivity index (χ0v) is 13.4. The quantitative estimate of drug-likeness (QED) is 0.830. The Hall–Kier alpha value is -1.58. The number of hydrogen-bond acceptors (Lipinski definition) is 2. The van der Waals surface area contributed by atoms with Gasteiger partial charge < -0.3 is 10.6 Å². The number of anilines is 2. The van der Waals surface area contributed by atoms with Gasteiger partial charge >= 0.3 is 0 Å². The van der Waals surface area contributed by atoms with Crippen LogP contribution in [0.4, 0.5) is 11.4 Å². The van der Waals surface area contributed by atoms with Gasteiger partial charge in [0.15, 0.2) is 0 Å². The maximum atomic E-state index is 6.20. The van der Waals surface area contributed by atoms with Crippen molar-refractivity contribution >= 4 is 40.2 Å². The van der Waals surface area contributed by atoms with E-state index in [9.17, 15) is 0 Å². The van der Waals surface area contributed by atoms with Gasteiger partial charge in [-0.3, -0.25) is 0 Å². The van der Waals surface area contributed by atoms with E-state index in [1.54, 1.807) is 0 Å². The molecule has 0 fully saturated rings. The largest absolute Gasteiger partial charge is 0.389 e. The van der Waals surface area contributed by atoms with Crippen LogP contribution < -0.4 is 10.6 Å². The Morgan fingerprint density at radius 1 is 1.24 bits per heavy atom. The van der Waals surface area contributed by atoms with E-state index < -0.39 is 0 Å². The summed E-state index contributed by atoms with van der Waals surface area (Å²) in [5.41, 5.74) is 10.3. The van der Waals surface area contributed by atoms with Gasteiger partial charge in [0.2, 0.25) is 0 Å². The SMILES string of the molecule is CC1CCc2ccccc2N1c1cc(Cl)ccc1C(N)=S. The van der Waals surface area contributed by atoms with Gasteiger partial charge in [-0.1, -0.05) is 42.0 Å². The summed E-state index contributed by atoms with van der Waals surface area (Å²) < 4.78 is 0. The number of nitrogens with two attached hydrogens (primary N) is 1. The van der Waals surface area contributed by atoms with Crippen molar-refractivity contribution < 1.29 is 0 Å². The zero-order valence-electron chi connectivity index (χ0n) is 11.8. The van der Waals surface area contributed by atoms with Crippen molar-refractivity contribution in [2.24, 2.45) is 5.73 Å². The lowest BCUT2D eigenvalue weighted by Crippen LogP contribution is -2.34. The number of fused-ring (bicyclic) bond motifs is 1. The first-order chi connectivity index (χ1) is 10.1. The highest BCUT2D eigenvalue weighted by Gasteiger charge is 2.26. The molecule has 1 aliphatic heterocycles. The van der Waals surface area contributed by atoms with Crippen LogP contribution in [0.3, 0.4) is 0 Å². The third kappa shape index (κ3) is 2.63. The van der Waals surface area contributed by atoms with Gasteiger partial charge in [0, 0.05) is 22.3 Å². The summed E-state index contributed by atoms with van der Waals surface area (Å²) in [6.45, 7) is 2.22. The molecule has 0 saturated heterocycles. The molecular weight excluding hydrogens is 300 g/mol. The van der Waals surface area contributed by atoms with Crippen molar-refractivity contribution in [3.8, 4) is 0 Å². The maximum Gasteiger partial charge on any atom is 0.106 e. The number of halogens is 1. The van der Waals surface area contributed by atoms with Gasteiger partial charge in [0.25, 0.3) is 0 Å². The molecule has 1 heterocycles. The van der Waals surface area contributed by atoms with Crippen LogP contribution in [0.5, 0.6) is 0 Å². The number of thiocarbonyl (C=S) groups is 1. The monoisotopic (exact) mass is 316 g/mol. The average Bonchev–Trinajstić information content (AvgIpc) is 2.46. The van der Waals surface area contributed by atoms with Crippen LogP contribution >= 0.6 is 23.8 Å². The molecule has 2 aromatic rings. The molecule has 3 rings (SSSR count). The van der Waals surface area contributed by atoms with Crippen LogP contribution in [0.25, 0.3) is 0 Å². The third-order valence-electron chi connectivity index (χ3n) is 4.01. The zero-order chi connectivity index (χ0) is 15.0. The normalized spacial score (nSPS) is 17.4. The van der Waals surface area contributed by atoms with Crippen molar-refractivity contribution in [3.63, 3.8) is 0 Å². The summed E-state index contributed by atoms with van der Waals surface area (Å²) in [7, 11) is 0. The van der Waals surface area contributed by atoms with E-state index in [0.717, 1.165) is 24.1 Å². The van der Waals surface area contributed by atoms with Crippen molar-refractivity contribution in [3.05, 3.63) is 58.6 Å². The summed E-state index contributed by atoms with van der Waals surface area (Å²) in [6, 6.07) is 14.5. The molecule has 1 atom stereocenters. The Morgan fingerprint density at radius 3 is 2.76 bits per heavy atom. The highest BCUT2D eigenvalue weighted by Crippen LogP contribution is 2.39. The van der Waals surface area contributed by atoms with Gasteiger partial charge in [0.1, 0.15) is 4.99 Å². The molecule has 2 N–H and O–H groups in total. The lowest BCUT2D eigenvalue weighted by atomic mass is 9.95. The van der Waals surface area contributed by atoms with E-state index in [2.05, 4.69) is 36.1 Å². The van der Waals surface area contributed by atoms with Gasteiger partial charge in [-0.25, -0.2) is 0 Å². The fraction of sp³-hybridized carbons (Fsp3) is 0.235. The minimum atomic E-state index is 0.381. The number of hydrogen-bond donors (Lipinski definition) is 1. The van der Waals surface area contributed by atoms with Crippen LogP contribution in [-0.4, -0.2) is 11.0 Å². The predicted octanol–water partition coefficient (Wildman–Crippen LogP) is 4.45. The summed E-state index contributed by atoms with van der Waals surface area (Å²) in [5.74, 6) is 0. The highest BCUT2D eigenvalue weighted by atomic mass is 35.5. The first-order valence-corrected chi connectivity index (χ1v) is 7.83. The molecule has 1 aliphatic rings. The van der Waals surface area contributed by atoms with Crippen molar-refractivity contribution in [2.45, 2.75) is 25.8 Å². The van der Waals surface area contributed by atoms with E-state index >= 15 is 0 Å². The van der Waals surface area contributed by atoms with Crippen LogP contribution in [-0.2, 0) is 6.42 Å². The smallest absolute Gasteiger partial charge is 0.106 e. The molecule has 4 heteroatoms. The first kappa shape index (κ1) is 14.4. The van der Waals surface area contributed by atoms with E-state index in [4.69, 9.17) is 29.6 Å². The average molecular weight is 317 g/mol. The van der Waals surface area contributed by atoms with Crippen molar-refractivity contribution in [2.75, 3.05) is 4.90 Å². The topological polar surface area (TPSA) is 29.3 Å². The lowest BCUT2D eigenvalue weighted by Gasteiger charge is -2.38. The van der Waals surface area contributed by atoms with Crippen molar-refractivity contribution in [1.29, 1.82) is 0 Å². The fourth-order valence-electron chi connectivity index (χ4n) is 2.97. The van der Waals surface area contributed by atoms with Crippen LogP contribution in [0.15, 0.2) is 42.5 Å². The molecule has 21 heavy (non-hydrogen) atoms. The van der Waals surface area contributed by atoms with E-state index in [-0.39, 0.29) is 0 Å². The van der Waals surface area contributed by atoms with Crippen LogP contribution in [0.2, 0.25) is 5.02 Å². The third-order valence-corrected chi connectivity index (χ3v) is 4.46. The fourth-order valence-corrected chi connectivity index (χ4v) is 3.31. The number of rotatable bonds is 2. The first-order valence-electron chi connectivity index (χ1n) is 7.04. The summed E-state index contributed by atoms with van der Waals surface area (Å²) in [6.07, 6.45) is 2.19. The van der Waals surface area contributed by atoms with Gasteiger partial charge in [-0.2, -0.15) is 0 Å². The molecule has 0 bridgehead atoms. The number of para-hydroxylation sites is 1. The van der Waals surface area contributed by atoms with Crippen molar-refractivity contribution in [1.82, 2.24) is 0 Å². The maximum absolute atomic E-state index is 6.20. The Bertz CT molecular complexity index is 699. The number of aryl methyl sites for hydroxylation is 1. The summed E-state index contributed by atoms with van der Waals surface area (Å²) in [5, 5.41) is 0.695. The van der Waals surface area contributed by atoms with Gasteiger partial charge in [0.05, 0.1) is 5.69 Å². The second-order valence-electron chi connectivity index (χ2n) is 5.41. The highest BCUT2D eigenvalue weighted by molar-refractivity contribution is 7.80. The lowest BCUT2D eigenvalue weighted by molar-refractivity contribution is 0.618. The predicted molar refractivity (Wildman–Crippen MR) is 93.7 cm³/mol. The van der Waals surface area contributed by atoms with E-state index in [1.807, 2.05) is 18.2 Å². The van der Waals surface area contributed by atoms with Gasteiger partial charge in [-0.15, -0.1) is 0 Å². The molecule has 2 nitrogen and oxygen atoms in total. The molecule has 1 unspecified atom stereocenters. The Kier molecular flexibility index (Phi) is 3.87. The second kappa shape index (κ2) is 5.66. The van der Waals surface area contributed by atoms with E-state index in [1.165, 1.54) is 11.3 Å². The molecule has 108 valence electrons. The standard InChI is InChI=1S/C17H17ClN2S/c1-11-6-7-12-4-2-3-5-15(12)20(11)16-10-13(18)8-9-14(16)17(19)21/h2-5,8-11H,6-7H2,1H3,(H2,19,21). The second-order valence-corrected chi connectivity index (χ2v) is 6.29. The minimum absolute atomic E-state index is 0.381. The molecule has 0 aromatic heterocycles. The molecule has 0 amide bonds. The Morgan fingerprint density at radius 2 is 2.00 bits per heavy atom. The van der Waals surface area contributed by atoms with Crippen LogP contribution in [0, 0.1) is 0 Å². The molecule has 0 spiro atoms. The van der Waals surface area contributed by atoms with Crippen LogP contribution in [0.1, 0.15) is 24.5 Å². The van der Waals surface area contributed by atoms with Gasteiger partial charge in [-0.05, 0) is 49.6 Å². The Balaban J connectivity index is 2.20. The molecule has 0 radical (unpaired) electrons. The molecule has 0 aliphatic carbocycles. The number of benzene rings is 2. The molecule has 0 saturated carbocycles. The Labute approximate surface area is 135 Å². The molecular formula is C17H17ClN2S. The minimum Gasteiger partial charge on any atom is -0.389 e. The number of nitrogens with zero attached hydrogens (tertiary/aromatic N) is 1. The van der Waals surface area contributed by atoms with E-state index in [0.29, 0.717) is 16.1 Å². The summed E-state index contributed by atoms with van der Waals surface area (Å²) >= 11 is 11.4. The molecule has 2 aromatic carbocycles.